The van der Waals surface area contributed by atoms with Gasteiger partial charge in [0.15, 0.2) is 0 Å². The lowest BCUT2D eigenvalue weighted by atomic mass is 10.0. The Labute approximate surface area is 168 Å². The topological polar surface area (TPSA) is 84.5 Å². The first-order valence-corrected chi connectivity index (χ1v) is 8.82. The molecule has 2 aromatic rings. The van der Waals surface area contributed by atoms with Gasteiger partial charge in [-0.2, -0.15) is 8.78 Å². The summed E-state index contributed by atoms with van der Waals surface area (Å²) in [6.07, 6.45) is 0.0165. The van der Waals surface area contributed by atoms with Crippen molar-refractivity contribution >= 4 is 23.5 Å². The van der Waals surface area contributed by atoms with Crippen molar-refractivity contribution in [3.63, 3.8) is 0 Å². The third-order valence-corrected chi connectivity index (χ3v) is 4.51. The van der Waals surface area contributed by atoms with Gasteiger partial charge in [-0.05, 0) is 48.9 Å². The SMILES string of the molecule is Cc1cc(NC(=O)c2ccc(F)c(C(F)(F)C(=O)NC3CCOC3=O)c2)ccc1F. The minimum Gasteiger partial charge on any atom is -0.464 e. The van der Waals surface area contributed by atoms with Gasteiger partial charge in [-0.25, -0.2) is 13.6 Å². The number of esters is 1. The number of cyclic esters (lactones) is 1. The van der Waals surface area contributed by atoms with Crippen molar-refractivity contribution in [3.05, 3.63) is 64.7 Å². The number of benzene rings is 2. The van der Waals surface area contributed by atoms with Crippen molar-refractivity contribution in [1.82, 2.24) is 5.32 Å². The number of carbonyl (C=O) groups is 3. The second-order valence-electron chi connectivity index (χ2n) is 6.67. The minimum absolute atomic E-state index is 0.0165. The number of anilines is 1. The van der Waals surface area contributed by atoms with Crippen LogP contribution >= 0.6 is 0 Å². The summed E-state index contributed by atoms with van der Waals surface area (Å²) in [6.45, 7) is 1.45. The van der Waals surface area contributed by atoms with Crippen molar-refractivity contribution in [3.8, 4) is 0 Å². The van der Waals surface area contributed by atoms with E-state index in [0.717, 1.165) is 12.1 Å². The van der Waals surface area contributed by atoms with Gasteiger partial charge >= 0.3 is 11.9 Å². The number of carbonyl (C=O) groups excluding carboxylic acids is 3. The first kappa shape index (κ1) is 21.3. The zero-order valence-electron chi connectivity index (χ0n) is 15.6. The van der Waals surface area contributed by atoms with Crippen LogP contribution in [0.5, 0.6) is 0 Å². The summed E-state index contributed by atoms with van der Waals surface area (Å²) in [6, 6.07) is 4.62. The highest BCUT2D eigenvalue weighted by Crippen LogP contribution is 2.32. The van der Waals surface area contributed by atoms with E-state index in [4.69, 9.17) is 0 Å². The first-order valence-electron chi connectivity index (χ1n) is 8.82. The zero-order valence-corrected chi connectivity index (χ0v) is 15.6. The molecule has 1 unspecified atom stereocenters. The smallest absolute Gasteiger partial charge is 0.352 e. The monoisotopic (exact) mass is 424 g/mol. The quantitative estimate of drug-likeness (QED) is 0.571. The summed E-state index contributed by atoms with van der Waals surface area (Å²) in [5, 5.41) is 4.21. The molecule has 2 aromatic carbocycles. The molecule has 1 saturated heterocycles. The van der Waals surface area contributed by atoms with Crippen LogP contribution in [0.15, 0.2) is 36.4 Å². The van der Waals surface area contributed by atoms with Gasteiger partial charge in [0.25, 0.3) is 11.8 Å². The average Bonchev–Trinajstić information content (AvgIpc) is 3.09. The van der Waals surface area contributed by atoms with Gasteiger partial charge in [-0.1, -0.05) is 0 Å². The van der Waals surface area contributed by atoms with Crippen LogP contribution in [0.2, 0.25) is 0 Å². The molecule has 1 aliphatic heterocycles. The second-order valence-corrected chi connectivity index (χ2v) is 6.67. The van der Waals surface area contributed by atoms with Gasteiger partial charge in [-0.15, -0.1) is 0 Å². The average molecular weight is 424 g/mol. The molecule has 1 heterocycles. The number of halogens is 4. The van der Waals surface area contributed by atoms with Crippen LogP contribution in [0.25, 0.3) is 0 Å². The van der Waals surface area contributed by atoms with Gasteiger partial charge in [0, 0.05) is 17.7 Å². The lowest BCUT2D eigenvalue weighted by Gasteiger charge is -2.19. The summed E-state index contributed by atoms with van der Waals surface area (Å²) < 4.78 is 61.2. The van der Waals surface area contributed by atoms with Crippen LogP contribution in [-0.2, 0) is 20.2 Å². The van der Waals surface area contributed by atoms with Gasteiger partial charge in [0.2, 0.25) is 0 Å². The van der Waals surface area contributed by atoms with Gasteiger partial charge < -0.3 is 15.4 Å². The van der Waals surface area contributed by atoms with E-state index in [-0.39, 0.29) is 29.8 Å². The maximum atomic E-state index is 14.6. The highest BCUT2D eigenvalue weighted by atomic mass is 19.3. The molecule has 0 aromatic heterocycles. The summed E-state index contributed by atoms with van der Waals surface area (Å²) in [7, 11) is 0. The predicted molar refractivity (Wildman–Crippen MR) is 96.9 cm³/mol. The standard InChI is InChI=1S/C20H16F4N2O4/c1-10-8-12(3-5-14(10)21)25-17(27)11-2-4-15(22)13(9-11)20(23,24)19(29)26-16-6-7-30-18(16)28/h2-5,8-9,16H,6-7H2,1H3,(H,25,27)(H,26,29). The molecule has 0 aliphatic carbocycles. The van der Waals surface area contributed by atoms with Crippen LogP contribution in [-0.4, -0.2) is 30.4 Å². The molecule has 1 atom stereocenters. The molecule has 0 radical (unpaired) electrons. The van der Waals surface area contributed by atoms with E-state index >= 15 is 0 Å². The molecule has 0 saturated carbocycles. The predicted octanol–water partition coefficient (Wildman–Crippen LogP) is 3.05. The molecule has 2 N–H and O–H groups in total. The first-order chi connectivity index (χ1) is 14.1. The molecule has 6 nitrogen and oxygen atoms in total. The molecular formula is C20H16F4N2O4. The Balaban J connectivity index is 1.82. The molecule has 2 amide bonds. The van der Waals surface area contributed by atoms with Crippen molar-refractivity contribution < 1.29 is 36.7 Å². The Morgan fingerprint density at radius 3 is 2.43 bits per heavy atom. The Morgan fingerprint density at radius 1 is 1.10 bits per heavy atom. The zero-order chi connectivity index (χ0) is 22.1. The molecule has 30 heavy (non-hydrogen) atoms. The highest BCUT2D eigenvalue weighted by Gasteiger charge is 2.45. The molecule has 158 valence electrons. The summed E-state index contributed by atoms with van der Waals surface area (Å²) in [5.41, 5.74) is -1.22. The van der Waals surface area contributed by atoms with Crippen LogP contribution < -0.4 is 10.6 Å². The van der Waals surface area contributed by atoms with E-state index < -0.39 is 46.9 Å². The molecule has 0 spiro atoms. The summed E-state index contributed by atoms with van der Waals surface area (Å²) in [4.78, 5) is 35.7. The fourth-order valence-corrected chi connectivity index (χ4v) is 2.83. The van der Waals surface area contributed by atoms with E-state index in [9.17, 15) is 31.9 Å². The highest BCUT2D eigenvalue weighted by molar-refractivity contribution is 6.04. The summed E-state index contributed by atoms with van der Waals surface area (Å²) >= 11 is 0. The van der Waals surface area contributed by atoms with Crippen molar-refractivity contribution in [1.29, 1.82) is 0 Å². The van der Waals surface area contributed by atoms with E-state index in [1.807, 2.05) is 5.32 Å². The number of hydrogen-bond acceptors (Lipinski definition) is 4. The van der Waals surface area contributed by atoms with Gasteiger partial charge in [0.05, 0.1) is 12.2 Å². The van der Waals surface area contributed by atoms with Crippen LogP contribution in [0.1, 0.15) is 27.9 Å². The second kappa shape index (κ2) is 8.13. The lowest BCUT2D eigenvalue weighted by Crippen LogP contribution is -2.46. The number of alkyl halides is 2. The minimum atomic E-state index is -4.35. The van der Waals surface area contributed by atoms with Crippen LogP contribution in [0.3, 0.4) is 0 Å². The maximum absolute atomic E-state index is 14.6. The normalized spacial score (nSPS) is 16.2. The third kappa shape index (κ3) is 4.27. The van der Waals surface area contributed by atoms with Crippen molar-refractivity contribution in [2.45, 2.75) is 25.3 Å². The van der Waals surface area contributed by atoms with Gasteiger partial charge in [0.1, 0.15) is 17.7 Å². The van der Waals surface area contributed by atoms with E-state index in [1.54, 1.807) is 0 Å². The Hall–Kier alpha value is -3.43. The fraction of sp³-hybridized carbons (Fsp3) is 0.250. The van der Waals surface area contributed by atoms with Crippen molar-refractivity contribution in [2.24, 2.45) is 0 Å². The Morgan fingerprint density at radius 2 is 1.80 bits per heavy atom. The Kier molecular flexibility index (Phi) is 5.77. The van der Waals surface area contributed by atoms with Crippen LogP contribution in [0, 0.1) is 18.6 Å². The van der Waals surface area contributed by atoms with Crippen molar-refractivity contribution in [2.75, 3.05) is 11.9 Å². The molecule has 1 aliphatic rings. The van der Waals surface area contributed by atoms with E-state index in [2.05, 4.69) is 10.1 Å². The van der Waals surface area contributed by atoms with Crippen LogP contribution in [0.4, 0.5) is 23.2 Å². The number of aryl methyl sites for hydroxylation is 1. The fourth-order valence-electron chi connectivity index (χ4n) is 2.83. The number of rotatable bonds is 5. The largest absolute Gasteiger partial charge is 0.464 e. The number of amides is 2. The lowest BCUT2D eigenvalue weighted by molar-refractivity contribution is -0.151. The van der Waals surface area contributed by atoms with E-state index in [0.29, 0.717) is 12.1 Å². The summed E-state index contributed by atoms with van der Waals surface area (Å²) in [5.74, 6) is -9.86. The van der Waals surface area contributed by atoms with Gasteiger partial charge in [-0.3, -0.25) is 9.59 Å². The number of ether oxygens (including phenoxy) is 1. The number of hydrogen-bond donors (Lipinski definition) is 2. The molecule has 3 rings (SSSR count). The molecular weight excluding hydrogens is 408 g/mol. The molecule has 0 bridgehead atoms. The number of nitrogens with one attached hydrogen (secondary N) is 2. The third-order valence-electron chi connectivity index (χ3n) is 4.51. The van der Waals surface area contributed by atoms with E-state index in [1.165, 1.54) is 19.1 Å². The maximum Gasteiger partial charge on any atom is 0.352 e. The Bertz CT molecular complexity index is 1030. The molecule has 10 heteroatoms. The molecule has 1 fully saturated rings.